The minimum atomic E-state index is -3.48. The Kier molecular flexibility index (Phi) is 2.63. The molecule has 5 nitrogen and oxygen atoms in total. The van der Waals surface area contributed by atoms with E-state index in [0.29, 0.717) is 0 Å². The van der Waals surface area contributed by atoms with Gasteiger partial charge in [-0.2, -0.15) is 0 Å². The lowest BCUT2D eigenvalue weighted by Crippen LogP contribution is -2.58. The fraction of sp³-hybridized carbons (Fsp3) is 0.857. The molecule has 1 aliphatic heterocycles. The van der Waals surface area contributed by atoms with Crippen LogP contribution < -0.4 is 5.32 Å². The van der Waals surface area contributed by atoms with E-state index in [1.165, 1.54) is 0 Å². The molecule has 6 heteroatoms. The summed E-state index contributed by atoms with van der Waals surface area (Å²) >= 11 is 0. The van der Waals surface area contributed by atoms with E-state index in [1.807, 2.05) is 0 Å². The first kappa shape index (κ1) is 10.5. The highest BCUT2D eigenvalue weighted by Crippen LogP contribution is 2.15. The molecule has 0 aliphatic carbocycles. The molecule has 76 valence electrons. The minimum absolute atomic E-state index is 0.103. The zero-order valence-corrected chi connectivity index (χ0v) is 8.34. The van der Waals surface area contributed by atoms with Crippen molar-refractivity contribution >= 4 is 15.8 Å². The van der Waals surface area contributed by atoms with Gasteiger partial charge in [-0.05, 0) is 13.8 Å². The average Bonchev–Trinajstić information content (AvgIpc) is 1.78. The van der Waals surface area contributed by atoms with E-state index in [1.54, 1.807) is 13.8 Å². The number of rotatable bonds is 1. The second-order valence-corrected chi connectivity index (χ2v) is 5.61. The summed E-state index contributed by atoms with van der Waals surface area (Å²) in [7, 11) is -3.48. The molecule has 3 unspecified atom stereocenters. The third-order valence-corrected chi connectivity index (χ3v) is 4.46. The Bertz CT molecular complexity index is 310. The van der Waals surface area contributed by atoms with E-state index in [-0.39, 0.29) is 11.8 Å². The SMILES string of the molecule is CC1CS(=O)(=O)C(C(=O)O)C(C)N1. The topological polar surface area (TPSA) is 83.5 Å². The fourth-order valence-electron chi connectivity index (χ4n) is 1.71. The Hall–Kier alpha value is -0.620. The van der Waals surface area contributed by atoms with Gasteiger partial charge < -0.3 is 10.4 Å². The Morgan fingerprint density at radius 2 is 2.00 bits per heavy atom. The van der Waals surface area contributed by atoms with Gasteiger partial charge in [-0.15, -0.1) is 0 Å². The number of nitrogens with one attached hydrogen (secondary N) is 1. The molecule has 13 heavy (non-hydrogen) atoms. The van der Waals surface area contributed by atoms with Crippen molar-refractivity contribution in [2.45, 2.75) is 31.2 Å². The number of sulfone groups is 1. The van der Waals surface area contributed by atoms with Crippen LogP contribution in [0.1, 0.15) is 13.8 Å². The van der Waals surface area contributed by atoms with Crippen LogP contribution in [0.3, 0.4) is 0 Å². The summed E-state index contributed by atoms with van der Waals surface area (Å²) in [6, 6.07) is -0.693. The quantitative estimate of drug-likeness (QED) is 0.590. The second kappa shape index (κ2) is 3.26. The first-order valence-electron chi connectivity index (χ1n) is 4.05. The van der Waals surface area contributed by atoms with Gasteiger partial charge >= 0.3 is 5.97 Å². The van der Waals surface area contributed by atoms with Gasteiger partial charge in [0.15, 0.2) is 15.1 Å². The molecule has 0 aromatic heterocycles. The fourth-order valence-corrected chi connectivity index (χ4v) is 3.72. The van der Waals surface area contributed by atoms with Crippen molar-refractivity contribution in [1.29, 1.82) is 0 Å². The largest absolute Gasteiger partial charge is 0.480 e. The van der Waals surface area contributed by atoms with E-state index in [0.717, 1.165) is 0 Å². The monoisotopic (exact) mass is 207 g/mol. The summed E-state index contributed by atoms with van der Waals surface area (Å²) in [5.41, 5.74) is 0. The van der Waals surface area contributed by atoms with Gasteiger partial charge in [0.25, 0.3) is 0 Å². The van der Waals surface area contributed by atoms with Crippen molar-refractivity contribution in [1.82, 2.24) is 5.32 Å². The Labute approximate surface area is 77.1 Å². The van der Waals surface area contributed by atoms with Crippen molar-refractivity contribution in [3.63, 3.8) is 0 Å². The van der Waals surface area contributed by atoms with Crippen LogP contribution >= 0.6 is 0 Å². The summed E-state index contributed by atoms with van der Waals surface area (Å²) in [6.45, 7) is 3.30. The van der Waals surface area contributed by atoms with Crippen molar-refractivity contribution in [2.75, 3.05) is 5.75 Å². The van der Waals surface area contributed by atoms with Gasteiger partial charge in [-0.3, -0.25) is 4.79 Å². The minimum Gasteiger partial charge on any atom is -0.480 e. The number of hydrogen-bond donors (Lipinski definition) is 2. The lowest BCUT2D eigenvalue weighted by molar-refractivity contribution is -0.137. The van der Waals surface area contributed by atoms with Crippen LogP contribution in [0.5, 0.6) is 0 Å². The zero-order chi connectivity index (χ0) is 10.2. The van der Waals surface area contributed by atoms with Gasteiger partial charge in [-0.25, -0.2) is 8.42 Å². The predicted octanol–water partition coefficient (Wildman–Crippen LogP) is -0.765. The van der Waals surface area contributed by atoms with E-state index in [2.05, 4.69) is 5.32 Å². The number of aliphatic carboxylic acids is 1. The molecule has 0 aromatic carbocycles. The van der Waals surface area contributed by atoms with Crippen LogP contribution in [0.2, 0.25) is 0 Å². The summed E-state index contributed by atoms with van der Waals surface area (Å²) in [4.78, 5) is 10.7. The van der Waals surface area contributed by atoms with Gasteiger partial charge in [-0.1, -0.05) is 0 Å². The molecule has 2 N–H and O–H groups in total. The highest BCUT2D eigenvalue weighted by molar-refractivity contribution is 7.92. The smallest absolute Gasteiger partial charge is 0.323 e. The zero-order valence-electron chi connectivity index (χ0n) is 7.52. The van der Waals surface area contributed by atoms with Gasteiger partial charge in [0.2, 0.25) is 0 Å². The first-order chi connectivity index (χ1) is 5.84. The molecule has 1 aliphatic rings. The third kappa shape index (κ3) is 2.00. The summed E-state index contributed by atoms with van der Waals surface area (Å²) in [6.07, 6.45) is 0. The molecule has 1 saturated heterocycles. The number of hydrogen-bond acceptors (Lipinski definition) is 4. The molecular weight excluding hydrogens is 194 g/mol. The molecule has 0 radical (unpaired) electrons. The van der Waals surface area contributed by atoms with Gasteiger partial charge in [0, 0.05) is 12.1 Å². The van der Waals surface area contributed by atoms with Crippen LogP contribution in [0.25, 0.3) is 0 Å². The maximum Gasteiger partial charge on any atom is 0.323 e. The highest BCUT2D eigenvalue weighted by atomic mass is 32.2. The normalized spacial score (nSPS) is 38.5. The highest BCUT2D eigenvalue weighted by Gasteiger charge is 2.42. The molecular formula is C7H13NO4S. The Balaban J connectivity index is 3.00. The number of carboxylic acids is 1. The summed E-state index contributed by atoms with van der Waals surface area (Å²) in [5.74, 6) is -1.37. The van der Waals surface area contributed by atoms with Gasteiger partial charge in [0.05, 0.1) is 5.75 Å². The van der Waals surface area contributed by atoms with E-state index in [9.17, 15) is 13.2 Å². The number of carbonyl (C=O) groups is 1. The maximum atomic E-state index is 11.4. The van der Waals surface area contributed by atoms with Crippen LogP contribution in [-0.4, -0.2) is 42.6 Å². The predicted molar refractivity (Wildman–Crippen MR) is 47.3 cm³/mol. The maximum absolute atomic E-state index is 11.4. The molecule has 0 amide bonds. The van der Waals surface area contributed by atoms with Crippen molar-refractivity contribution in [2.24, 2.45) is 0 Å². The first-order valence-corrected chi connectivity index (χ1v) is 5.76. The molecule has 1 heterocycles. The molecule has 1 fully saturated rings. The molecule has 1 rings (SSSR count). The molecule has 3 atom stereocenters. The van der Waals surface area contributed by atoms with E-state index < -0.39 is 27.1 Å². The van der Waals surface area contributed by atoms with Crippen LogP contribution in [0, 0.1) is 0 Å². The lowest BCUT2D eigenvalue weighted by atomic mass is 10.2. The summed E-state index contributed by atoms with van der Waals surface area (Å²) < 4.78 is 22.8. The number of carboxylic acid groups (broad SMARTS) is 1. The molecule has 0 spiro atoms. The van der Waals surface area contributed by atoms with Crippen LogP contribution in [-0.2, 0) is 14.6 Å². The van der Waals surface area contributed by atoms with Crippen molar-refractivity contribution < 1.29 is 18.3 Å². The second-order valence-electron chi connectivity index (χ2n) is 3.44. The Morgan fingerprint density at radius 1 is 1.46 bits per heavy atom. The van der Waals surface area contributed by atoms with Crippen LogP contribution in [0.4, 0.5) is 0 Å². The molecule has 0 aromatic rings. The van der Waals surface area contributed by atoms with E-state index in [4.69, 9.17) is 5.11 Å². The standard InChI is InChI=1S/C7H13NO4S/c1-4-3-13(11,12)6(7(9)10)5(2)8-4/h4-6,8H,3H2,1-2H3,(H,9,10). The third-order valence-electron chi connectivity index (χ3n) is 2.11. The Morgan fingerprint density at radius 3 is 2.38 bits per heavy atom. The lowest BCUT2D eigenvalue weighted by Gasteiger charge is -2.31. The summed E-state index contributed by atoms with van der Waals surface area (Å²) in [5, 5.41) is 10.3. The van der Waals surface area contributed by atoms with E-state index >= 15 is 0 Å². The van der Waals surface area contributed by atoms with Crippen LogP contribution in [0.15, 0.2) is 0 Å². The average molecular weight is 207 g/mol. The van der Waals surface area contributed by atoms with Gasteiger partial charge in [0.1, 0.15) is 0 Å². The van der Waals surface area contributed by atoms with Crippen molar-refractivity contribution in [3.05, 3.63) is 0 Å². The van der Waals surface area contributed by atoms with Crippen molar-refractivity contribution in [3.8, 4) is 0 Å². The molecule has 0 bridgehead atoms. The molecule has 0 saturated carbocycles.